The third kappa shape index (κ3) is 4.17. The van der Waals surface area contributed by atoms with Crippen molar-refractivity contribution in [2.24, 2.45) is 0 Å². The third-order valence-corrected chi connectivity index (χ3v) is 4.20. The highest BCUT2D eigenvalue weighted by Crippen LogP contribution is 2.20. The largest absolute Gasteiger partial charge is 0.478 e. The molecule has 0 heterocycles. The van der Waals surface area contributed by atoms with Gasteiger partial charge < -0.3 is 10.2 Å². The zero-order chi connectivity index (χ0) is 14.6. The van der Waals surface area contributed by atoms with Gasteiger partial charge in [0.25, 0.3) is 0 Å². The van der Waals surface area contributed by atoms with Crippen molar-refractivity contribution in [1.82, 2.24) is 4.72 Å². The topological polar surface area (TPSA) is 104 Å². The lowest BCUT2D eigenvalue weighted by atomic mass is 10.2. The van der Waals surface area contributed by atoms with Crippen molar-refractivity contribution < 1.29 is 23.4 Å². The molecule has 3 N–H and O–H groups in total. The number of rotatable bonds is 6. The van der Waals surface area contributed by atoms with Gasteiger partial charge >= 0.3 is 5.97 Å². The van der Waals surface area contributed by atoms with E-state index in [-0.39, 0.29) is 22.0 Å². The van der Waals surface area contributed by atoms with Crippen molar-refractivity contribution in [2.75, 3.05) is 6.54 Å². The Kier molecular flexibility index (Phi) is 5.30. The molecule has 0 bridgehead atoms. The minimum absolute atomic E-state index is 0.114. The Morgan fingerprint density at radius 1 is 1.47 bits per heavy atom. The van der Waals surface area contributed by atoms with Crippen LogP contribution in [0.15, 0.2) is 23.1 Å². The first kappa shape index (κ1) is 15.9. The summed E-state index contributed by atoms with van der Waals surface area (Å²) >= 11 is 5.70. The summed E-state index contributed by atoms with van der Waals surface area (Å²) in [4.78, 5) is 10.6. The van der Waals surface area contributed by atoms with Crippen molar-refractivity contribution in [2.45, 2.75) is 24.3 Å². The number of nitrogens with one attached hydrogen (secondary N) is 1. The Balaban J connectivity index is 2.96. The fourth-order valence-corrected chi connectivity index (χ4v) is 2.69. The minimum atomic E-state index is -3.82. The summed E-state index contributed by atoms with van der Waals surface area (Å²) in [5.41, 5.74) is -0.172. The highest BCUT2D eigenvalue weighted by atomic mass is 35.5. The summed E-state index contributed by atoms with van der Waals surface area (Å²) in [6.07, 6.45) is -0.357. The predicted molar refractivity (Wildman–Crippen MR) is 69.9 cm³/mol. The molecule has 0 spiro atoms. The Bertz CT molecular complexity index is 572. The summed E-state index contributed by atoms with van der Waals surface area (Å²) in [6.45, 7) is 1.61. The SMILES string of the molecule is CCC(O)CNS(=O)(=O)c1ccc(C(=O)O)c(Cl)c1. The normalized spacial score (nSPS) is 13.2. The molecule has 0 aliphatic heterocycles. The first-order chi connectivity index (χ1) is 8.77. The van der Waals surface area contributed by atoms with E-state index >= 15 is 0 Å². The number of carboxylic acids is 1. The molecule has 0 aliphatic rings. The summed E-state index contributed by atoms with van der Waals surface area (Å²) in [5, 5.41) is 17.9. The molecule has 1 rings (SSSR count). The third-order valence-electron chi connectivity index (χ3n) is 2.46. The van der Waals surface area contributed by atoms with E-state index in [1.807, 2.05) is 0 Å². The molecule has 0 aromatic heterocycles. The molecule has 19 heavy (non-hydrogen) atoms. The van der Waals surface area contributed by atoms with Gasteiger partial charge in [-0.15, -0.1) is 0 Å². The van der Waals surface area contributed by atoms with Gasteiger partial charge in [0.2, 0.25) is 10.0 Å². The van der Waals surface area contributed by atoms with Crippen molar-refractivity contribution in [3.63, 3.8) is 0 Å². The van der Waals surface area contributed by atoms with Gasteiger partial charge in [-0.3, -0.25) is 0 Å². The fourth-order valence-electron chi connectivity index (χ4n) is 1.27. The molecule has 0 saturated carbocycles. The summed E-state index contributed by atoms with van der Waals surface area (Å²) in [7, 11) is -3.82. The first-order valence-corrected chi connectivity index (χ1v) is 7.34. The van der Waals surface area contributed by atoms with Gasteiger partial charge in [0.15, 0.2) is 0 Å². The highest BCUT2D eigenvalue weighted by Gasteiger charge is 2.18. The van der Waals surface area contributed by atoms with Crippen LogP contribution in [0.5, 0.6) is 0 Å². The maximum Gasteiger partial charge on any atom is 0.337 e. The van der Waals surface area contributed by atoms with Gasteiger partial charge in [0, 0.05) is 6.54 Å². The number of carboxylic acid groups (broad SMARTS) is 1. The summed E-state index contributed by atoms with van der Waals surface area (Å²) in [5.74, 6) is -1.23. The number of hydrogen-bond donors (Lipinski definition) is 3. The molecule has 1 unspecified atom stereocenters. The minimum Gasteiger partial charge on any atom is -0.478 e. The van der Waals surface area contributed by atoms with E-state index in [1.165, 1.54) is 0 Å². The highest BCUT2D eigenvalue weighted by molar-refractivity contribution is 7.89. The molecule has 8 heteroatoms. The molecule has 0 radical (unpaired) electrons. The molecule has 0 aliphatic carbocycles. The van der Waals surface area contributed by atoms with Crippen LogP contribution in [0.4, 0.5) is 0 Å². The molecule has 1 aromatic rings. The van der Waals surface area contributed by atoms with E-state index in [2.05, 4.69) is 4.72 Å². The second-order valence-corrected chi connectivity index (χ2v) is 6.03. The Labute approximate surface area is 116 Å². The lowest BCUT2D eigenvalue weighted by Gasteiger charge is -2.11. The van der Waals surface area contributed by atoms with Gasteiger partial charge in [0.05, 0.1) is 21.6 Å². The number of aliphatic hydroxyl groups is 1. The van der Waals surface area contributed by atoms with Crippen LogP contribution >= 0.6 is 11.6 Å². The average molecular weight is 308 g/mol. The van der Waals surface area contributed by atoms with Crippen molar-refractivity contribution in [3.05, 3.63) is 28.8 Å². The molecular formula is C11H14ClNO5S. The van der Waals surface area contributed by atoms with E-state index in [1.54, 1.807) is 6.92 Å². The lowest BCUT2D eigenvalue weighted by Crippen LogP contribution is -2.31. The van der Waals surface area contributed by atoms with Gasteiger partial charge in [-0.1, -0.05) is 18.5 Å². The number of sulfonamides is 1. The van der Waals surface area contributed by atoms with Crippen molar-refractivity contribution >= 4 is 27.6 Å². The van der Waals surface area contributed by atoms with E-state index < -0.39 is 22.1 Å². The van der Waals surface area contributed by atoms with E-state index in [0.29, 0.717) is 6.42 Å². The quantitative estimate of drug-likeness (QED) is 0.730. The number of aliphatic hydroxyl groups excluding tert-OH is 1. The summed E-state index contributed by atoms with van der Waals surface area (Å²) in [6, 6.07) is 3.33. The van der Waals surface area contributed by atoms with Crippen molar-refractivity contribution in [3.8, 4) is 0 Å². The van der Waals surface area contributed by atoms with Crippen LogP contribution in [0.1, 0.15) is 23.7 Å². The molecule has 0 saturated heterocycles. The van der Waals surface area contributed by atoms with Crippen LogP contribution in [0.2, 0.25) is 5.02 Å². The maximum absolute atomic E-state index is 11.9. The molecule has 106 valence electrons. The van der Waals surface area contributed by atoms with E-state index in [4.69, 9.17) is 16.7 Å². The zero-order valence-corrected chi connectivity index (χ0v) is 11.7. The zero-order valence-electron chi connectivity index (χ0n) is 10.1. The molecule has 1 aromatic carbocycles. The van der Waals surface area contributed by atoms with E-state index in [0.717, 1.165) is 18.2 Å². The molecule has 6 nitrogen and oxygen atoms in total. The smallest absolute Gasteiger partial charge is 0.337 e. The molecule has 0 amide bonds. The van der Waals surface area contributed by atoms with Gasteiger partial charge in [-0.25, -0.2) is 17.9 Å². The molecule has 0 fully saturated rings. The molecule has 1 atom stereocenters. The lowest BCUT2D eigenvalue weighted by molar-refractivity contribution is 0.0697. The summed E-state index contributed by atoms with van der Waals surface area (Å²) < 4.78 is 25.9. The van der Waals surface area contributed by atoms with Crippen LogP contribution in [0, 0.1) is 0 Å². The van der Waals surface area contributed by atoms with Gasteiger partial charge in [0.1, 0.15) is 0 Å². The predicted octanol–water partition coefficient (Wildman–Crippen LogP) is 1.09. The number of carbonyl (C=O) groups is 1. The number of aromatic carboxylic acids is 1. The second-order valence-electron chi connectivity index (χ2n) is 3.86. The average Bonchev–Trinajstić information content (AvgIpc) is 2.35. The first-order valence-electron chi connectivity index (χ1n) is 5.48. The molecular weight excluding hydrogens is 294 g/mol. The number of benzene rings is 1. The van der Waals surface area contributed by atoms with Crippen LogP contribution in [0.25, 0.3) is 0 Å². The Hall–Kier alpha value is -1.15. The van der Waals surface area contributed by atoms with Gasteiger partial charge in [-0.2, -0.15) is 0 Å². The number of hydrogen-bond acceptors (Lipinski definition) is 4. The number of halogens is 1. The van der Waals surface area contributed by atoms with Crippen LogP contribution < -0.4 is 4.72 Å². The standard InChI is InChI=1S/C11H14ClNO5S/c1-2-7(14)6-13-19(17,18)8-3-4-9(11(15)16)10(12)5-8/h3-5,7,13-14H,2,6H2,1H3,(H,15,16). The van der Waals surface area contributed by atoms with Crippen LogP contribution in [-0.4, -0.2) is 37.2 Å². The van der Waals surface area contributed by atoms with E-state index in [9.17, 15) is 18.3 Å². The Morgan fingerprint density at radius 2 is 2.11 bits per heavy atom. The Morgan fingerprint density at radius 3 is 2.58 bits per heavy atom. The monoisotopic (exact) mass is 307 g/mol. The van der Waals surface area contributed by atoms with Crippen LogP contribution in [0.3, 0.4) is 0 Å². The second kappa shape index (κ2) is 6.33. The fraction of sp³-hybridized carbons (Fsp3) is 0.364. The van der Waals surface area contributed by atoms with Crippen LogP contribution in [-0.2, 0) is 10.0 Å². The van der Waals surface area contributed by atoms with Gasteiger partial charge in [-0.05, 0) is 24.6 Å². The van der Waals surface area contributed by atoms with Crippen molar-refractivity contribution in [1.29, 1.82) is 0 Å². The maximum atomic E-state index is 11.9.